The predicted octanol–water partition coefficient (Wildman–Crippen LogP) is 2.62. The Hall–Kier alpha value is -2.58. The number of carboxylic acids is 1. The minimum absolute atomic E-state index is 0.173. The number of carbonyl (C=O) groups is 1. The summed E-state index contributed by atoms with van der Waals surface area (Å²) in [7, 11) is 0. The number of piperazine rings is 1. The van der Waals surface area contributed by atoms with Gasteiger partial charge in [0, 0.05) is 50.2 Å². The monoisotopic (exact) mass is 428 g/mol. The minimum Gasteiger partial charge on any atom is -0.477 e. The highest BCUT2D eigenvalue weighted by molar-refractivity contribution is 6.01. The van der Waals surface area contributed by atoms with Gasteiger partial charge in [0.05, 0.1) is 5.52 Å². The maximum absolute atomic E-state index is 15.1. The molecule has 2 aliphatic rings. The average Bonchev–Trinajstić information content (AvgIpc) is 3.54. The van der Waals surface area contributed by atoms with Gasteiger partial charge in [-0.1, -0.05) is 6.92 Å². The fraction of sp³-hybridized carbons (Fsp3) is 0.522. The van der Waals surface area contributed by atoms with Crippen molar-refractivity contribution in [3.05, 3.63) is 50.7 Å². The summed E-state index contributed by atoms with van der Waals surface area (Å²) in [5.74, 6) is -1.60. The number of pyridine rings is 2. The zero-order chi connectivity index (χ0) is 22.3. The first kappa shape index (κ1) is 21.6. The molecule has 0 aromatic carbocycles. The number of aromatic carboxylic acids is 1. The van der Waals surface area contributed by atoms with Crippen LogP contribution in [0, 0.1) is 24.1 Å². The molecule has 4 rings (SSSR count). The number of aromatic nitrogens is 1. The maximum atomic E-state index is 15.1. The quantitative estimate of drug-likeness (QED) is 0.589. The van der Waals surface area contributed by atoms with Crippen molar-refractivity contribution in [2.24, 2.45) is 5.92 Å². The molecule has 1 aliphatic heterocycles. The van der Waals surface area contributed by atoms with E-state index >= 15 is 4.39 Å². The van der Waals surface area contributed by atoms with Crippen LogP contribution in [0.25, 0.3) is 5.52 Å². The highest BCUT2D eigenvalue weighted by Crippen LogP contribution is 2.43. The van der Waals surface area contributed by atoms with E-state index in [0.717, 1.165) is 61.7 Å². The topological polar surface area (TPSA) is 97.9 Å². The molecule has 2 aromatic rings. The lowest BCUT2D eigenvalue weighted by atomic mass is 9.93. The molecule has 2 fully saturated rings. The van der Waals surface area contributed by atoms with Crippen LogP contribution in [0.5, 0.6) is 0 Å². The van der Waals surface area contributed by atoms with Crippen LogP contribution >= 0.6 is 0 Å². The highest BCUT2D eigenvalue weighted by atomic mass is 19.1. The number of fused-ring (bicyclic) bond motifs is 1. The number of aryl methyl sites for hydroxylation is 1. The number of halogens is 1. The number of rotatable bonds is 7. The smallest absolute Gasteiger partial charge is 0.341 e. The van der Waals surface area contributed by atoms with E-state index in [1.807, 2.05) is 0 Å². The molecule has 3 heterocycles. The molecule has 3 N–H and O–H groups in total. The first-order chi connectivity index (χ1) is 14.8. The Labute approximate surface area is 180 Å². The van der Waals surface area contributed by atoms with E-state index in [9.17, 15) is 14.7 Å². The van der Waals surface area contributed by atoms with Gasteiger partial charge in [-0.15, -0.1) is 0 Å². The largest absolute Gasteiger partial charge is 0.477 e. The first-order valence-corrected chi connectivity index (χ1v) is 10.9. The van der Waals surface area contributed by atoms with Crippen LogP contribution in [-0.2, 0) is 0 Å². The lowest BCUT2D eigenvalue weighted by molar-refractivity contribution is 0.0694. The summed E-state index contributed by atoms with van der Waals surface area (Å²) in [6, 6.07) is 1.45. The van der Waals surface area contributed by atoms with Crippen molar-refractivity contribution in [1.82, 2.24) is 14.6 Å². The molecular formula is C23H29FN4O3. The van der Waals surface area contributed by atoms with E-state index in [0.29, 0.717) is 17.5 Å². The molecule has 8 heteroatoms. The minimum atomic E-state index is -1.31. The van der Waals surface area contributed by atoms with E-state index < -0.39 is 17.3 Å². The molecule has 0 amide bonds. The third kappa shape index (κ3) is 4.27. The van der Waals surface area contributed by atoms with Crippen molar-refractivity contribution in [2.75, 3.05) is 32.7 Å². The number of hydrogen-bond acceptors (Lipinski definition) is 5. The molecule has 1 saturated heterocycles. The van der Waals surface area contributed by atoms with Crippen molar-refractivity contribution in [3.63, 3.8) is 0 Å². The van der Waals surface area contributed by atoms with E-state index in [1.165, 1.54) is 6.07 Å². The number of hydrogen-bond donors (Lipinski definition) is 3. The normalized spacial score (nSPS) is 18.3. The summed E-state index contributed by atoms with van der Waals surface area (Å²) in [4.78, 5) is 26.6. The standard InChI is InChI=1S/C23H29FN4O3/c1-13(11-27-7-5-26-6-8-27)9-19(25)20-14(2)21-16(15-3-4-15)10-17(23(30)31)22(29)28(21)12-18(20)24/h10,12-13,15,25-26H,3-9,11H2,1-2H3,(H,30,31). The Balaban J connectivity index is 1.70. The van der Waals surface area contributed by atoms with Crippen LogP contribution in [0.2, 0.25) is 0 Å². The molecule has 1 unspecified atom stereocenters. The predicted molar refractivity (Wildman–Crippen MR) is 117 cm³/mol. The molecule has 1 aliphatic carbocycles. The second-order valence-electron chi connectivity index (χ2n) is 8.93. The molecule has 2 aromatic heterocycles. The average molecular weight is 429 g/mol. The third-order valence-corrected chi connectivity index (χ3v) is 6.36. The van der Waals surface area contributed by atoms with E-state index in [2.05, 4.69) is 17.1 Å². The Morgan fingerprint density at radius 2 is 2.03 bits per heavy atom. The first-order valence-electron chi connectivity index (χ1n) is 10.9. The van der Waals surface area contributed by atoms with Gasteiger partial charge in [-0.25, -0.2) is 9.18 Å². The van der Waals surface area contributed by atoms with Crippen LogP contribution in [0.15, 0.2) is 17.1 Å². The Bertz CT molecular complexity index is 1100. The van der Waals surface area contributed by atoms with Gasteiger partial charge >= 0.3 is 5.97 Å². The summed E-state index contributed by atoms with van der Waals surface area (Å²) in [6.07, 6.45) is 3.33. The third-order valence-electron chi connectivity index (χ3n) is 6.36. The summed E-state index contributed by atoms with van der Waals surface area (Å²) < 4.78 is 16.3. The van der Waals surface area contributed by atoms with Crippen LogP contribution < -0.4 is 10.9 Å². The van der Waals surface area contributed by atoms with Crippen LogP contribution in [0.4, 0.5) is 4.39 Å². The van der Waals surface area contributed by atoms with Crippen molar-refractivity contribution in [3.8, 4) is 0 Å². The van der Waals surface area contributed by atoms with Gasteiger partial charge in [-0.2, -0.15) is 0 Å². The van der Waals surface area contributed by atoms with Gasteiger partial charge < -0.3 is 20.7 Å². The van der Waals surface area contributed by atoms with E-state index in [4.69, 9.17) is 5.41 Å². The molecule has 1 saturated carbocycles. The lowest BCUT2D eigenvalue weighted by Gasteiger charge is -2.29. The van der Waals surface area contributed by atoms with Gasteiger partial charge in [0.25, 0.3) is 5.56 Å². The van der Waals surface area contributed by atoms with E-state index in [1.54, 1.807) is 6.92 Å². The molecular weight excluding hydrogens is 399 g/mol. The molecule has 7 nitrogen and oxygen atoms in total. The molecule has 1 atom stereocenters. The van der Waals surface area contributed by atoms with E-state index in [-0.39, 0.29) is 28.7 Å². The highest BCUT2D eigenvalue weighted by Gasteiger charge is 2.30. The van der Waals surface area contributed by atoms with Gasteiger partial charge in [-0.05, 0) is 55.2 Å². The molecule has 166 valence electrons. The fourth-order valence-electron chi connectivity index (χ4n) is 4.73. The van der Waals surface area contributed by atoms with Crippen molar-refractivity contribution in [2.45, 2.75) is 39.0 Å². The number of nitrogens with one attached hydrogen (secondary N) is 2. The van der Waals surface area contributed by atoms with Gasteiger partial charge in [-0.3, -0.25) is 9.20 Å². The molecule has 0 radical (unpaired) electrons. The second kappa shape index (κ2) is 8.51. The number of nitrogens with zero attached hydrogens (tertiary/aromatic N) is 2. The number of carboxylic acid groups (broad SMARTS) is 1. The van der Waals surface area contributed by atoms with Crippen LogP contribution in [-0.4, -0.2) is 58.8 Å². The van der Waals surface area contributed by atoms with Crippen molar-refractivity contribution < 1.29 is 14.3 Å². The molecule has 31 heavy (non-hydrogen) atoms. The summed E-state index contributed by atoms with van der Waals surface area (Å²) in [5, 5.41) is 21.4. The summed E-state index contributed by atoms with van der Waals surface area (Å²) in [5.41, 5.74) is 1.22. The van der Waals surface area contributed by atoms with Crippen molar-refractivity contribution >= 4 is 17.2 Å². The van der Waals surface area contributed by atoms with Gasteiger partial charge in [0.15, 0.2) is 0 Å². The molecule has 0 spiro atoms. The SMILES string of the molecule is Cc1c(C(=N)CC(C)CN2CCNCC2)c(F)cn2c(=O)c(C(=O)O)cc(C3CC3)c12. The zero-order valence-corrected chi connectivity index (χ0v) is 18.0. The Kier molecular flexibility index (Phi) is 5.94. The lowest BCUT2D eigenvalue weighted by Crippen LogP contribution is -2.45. The molecule has 0 bridgehead atoms. The van der Waals surface area contributed by atoms with Gasteiger partial charge in [0.1, 0.15) is 11.4 Å². The maximum Gasteiger partial charge on any atom is 0.341 e. The second-order valence-corrected chi connectivity index (χ2v) is 8.93. The fourth-order valence-corrected chi connectivity index (χ4v) is 4.73. The Morgan fingerprint density at radius 1 is 1.35 bits per heavy atom. The van der Waals surface area contributed by atoms with Crippen molar-refractivity contribution in [1.29, 1.82) is 5.41 Å². The Morgan fingerprint density at radius 3 is 2.65 bits per heavy atom. The summed E-state index contributed by atoms with van der Waals surface area (Å²) >= 11 is 0. The van der Waals surface area contributed by atoms with Crippen LogP contribution in [0.1, 0.15) is 59.2 Å². The zero-order valence-electron chi connectivity index (χ0n) is 18.0. The van der Waals surface area contributed by atoms with Crippen LogP contribution in [0.3, 0.4) is 0 Å². The summed E-state index contributed by atoms with van der Waals surface area (Å²) in [6.45, 7) is 8.52. The van der Waals surface area contributed by atoms with Gasteiger partial charge in [0.2, 0.25) is 0 Å².